The van der Waals surface area contributed by atoms with Gasteiger partial charge in [-0.15, -0.1) is 0 Å². The van der Waals surface area contributed by atoms with Crippen molar-refractivity contribution >= 4 is 11.7 Å². The quantitative estimate of drug-likeness (QED) is 0.782. The minimum atomic E-state index is -5.97. The van der Waals surface area contributed by atoms with E-state index in [1.165, 1.54) is 19.9 Å². The Hall–Kier alpha value is -1.67. The molecular formula is C11H13F5N2O2. The maximum Gasteiger partial charge on any atom is 0.461 e. The van der Waals surface area contributed by atoms with E-state index in [2.05, 4.69) is 0 Å². The molecule has 2 N–H and O–H groups in total. The van der Waals surface area contributed by atoms with Gasteiger partial charge in [0.2, 0.25) is 5.78 Å². The maximum absolute atomic E-state index is 13.1. The highest BCUT2D eigenvalue weighted by Gasteiger charge is 2.65. The molecule has 9 heteroatoms. The molecule has 0 saturated heterocycles. The number of ketones is 1. The van der Waals surface area contributed by atoms with E-state index < -0.39 is 35.7 Å². The van der Waals surface area contributed by atoms with E-state index in [1.807, 2.05) is 0 Å². The summed E-state index contributed by atoms with van der Waals surface area (Å²) < 4.78 is 63.1. The molecule has 1 atom stereocenters. The summed E-state index contributed by atoms with van der Waals surface area (Å²) in [6, 6.07) is -1.76. The maximum atomic E-state index is 13.1. The Labute approximate surface area is 111 Å². The third kappa shape index (κ3) is 2.61. The Kier molecular flexibility index (Phi) is 4.12. The number of hydrogen-bond acceptors (Lipinski definition) is 3. The summed E-state index contributed by atoms with van der Waals surface area (Å²) >= 11 is 0. The van der Waals surface area contributed by atoms with E-state index in [-0.39, 0.29) is 12.2 Å². The summed E-state index contributed by atoms with van der Waals surface area (Å²) in [5.41, 5.74) is 4.72. The van der Waals surface area contributed by atoms with E-state index in [0.29, 0.717) is 0 Å². The van der Waals surface area contributed by atoms with Gasteiger partial charge in [-0.2, -0.15) is 22.0 Å². The van der Waals surface area contributed by atoms with Crippen molar-refractivity contribution in [2.75, 3.05) is 6.54 Å². The van der Waals surface area contributed by atoms with Crippen LogP contribution in [0, 0.1) is 5.92 Å². The van der Waals surface area contributed by atoms with Gasteiger partial charge in [0, 0.05) is 6.54 Å². The number of primary amides is 1. The lowest BCUT2D eigenvalue weighted by Crippen LogP contribution is -2.58. The van der Waals surface area contributed by atoms with Crippen molar-refractivity contribution in [3.8, 4) is 0 Å². The lowest BCUT2D eigenvalue weighted by atomic mass is 9.91. The summed E-state index contributed by atoms with van der Waals surface area (Å²) in [5.74, 6) is -9.59. The van der Waals surface area contributed by atoms with Gasteiger partial charge in [-0.3, -0.25) is 9.59 Å². The molecule has 1 unspecified atom stereocenters. The largest absolute Gasteiger partial charge is 0.461 e. The standard InChI is InChI=1S/C11H13F5N2O2/c1-5(2)7(18-4-3-6(18)9(17)20)8(19)10(12,13)11(14,15)16/h3,5,7H,4H2,1-2H3,(H2,17,20). The molecule has 1 rings (SSSR count). The van der Waals surface area contributed by atoms with Gasteiger partial charge in [-0.25, -0.2) is 0 Å². The van der Waals surface area contributed by atoms with E-state index in [1.54, 1.807) is 0 Å². The number of alkyl halides is 5. The highest BCUT2D eigenvalue weighted by atomic mass is 19.4. The molecule has 1 amide bonds. The molecule has 0 bridgehead atoms. The summed E-state index contributed by atoms with van der Waals surface area (Å²) in [6.45, 7) is 2.54. The first-order chi connectivity index (χ1) is 8.91. The Balaban J connectivity index is 3.09. The Bertz CT molecular complexity index is 456. The van der Waals surface area contributed by atoms with Gasteiger partial charge < -0.3 is 10.6 Å². The second kappa shape index (κ2) is 5.02. The van der Waals surface area contributed by atoms with E-state index in [9.17, 15) is 31.5 Å². The fourth-order valence-electron chi connectivity index (χ4n) is 1.92. The van der Waals surface area contributed by atoms with Crippen molar-refractivity contribution < 1.29 is 31.5 Å². The Morgan fingerprint density at radius 2 is 1.75 bits per heavy atom. The molecule has 4 nitrogen and oxygen atoms in total. The van der Waals surface area contributed by atoms with Crippen molar-refractivity contribution in [2.24, 2.45) is 11.7 Å². The molecule has 0 fully saturated rings. The predicted octanol–water partition coefficient (Wildman–Crippen LogP) is 1.46. The summed E-state index contributed by atoms with van der Waals surface area (Å²) in [4.78, 5) is 23.4. The molecule has 0 aromatic carbocycles. The van der Waals surface area contributed by atoms with Crippen LogP contribution in [0.5, 0.6) is 0 Å². The molecular weight excluding hydrogens is 287 g/mol. The number of Topliss-reactive ketones (excluding diaryl/α,β-unsaturated/α-hetero) is 1. The second-order valence-corrected chi connectivity index (χ2v) is 4.73. The zero-order valence-electron chi connectivity index (χ0n) is 10.7. The van der Waals surface area contributed by atoms with Crippen molar-refractivity contribution in [2.45, 2.75) is 32.0 Å². The van der Waals surface area contributed by atoms with Crippen LogP contribution in [0.1, 0.15) is 13.8 Å². The Morgan fingerprint density at radius 1 is 1.25 bits per heavy atom. The average molecular weight is 300 g/mol. The van der Waals surface area contributed by atoms with Crippen molar-refractivity contribution in [3.05, 3.63) is 11.8 Å². The van der Waals surface area contributed by atoms with E-state index in [0.717, 1.165) is 4.90 Å². The minimum absolute atomic E-state index is 0.0825. The van der Waals surface area contributed by atoms with Crippen LogP contribution in [0.4, 0.5) is 22.0 Å². The van der Waals surface area contributed by atoms with Crippen LogP contribution in [-0.4, -0.2) is 41.3 Å². The van der Waals surface area contributed by atoms with Crippen LogP contribution in [0.25, 0.3) is 0 Å². The number of hydrogen-bond donors (Lipinski definition) is 1. The minimum Gasteiger partial charge on any atom is -0.364 e. The number of halogens is 5. The monoisotopic (exact) mass is 300 g/mol. The van der Waals surface area contributed by atoms with Crippen LogP contribution >= 0.6 is 0 Å². The van der Waals surface area contributed by atoms with Gasteiger partial charge in [0.25, 0.3) is 5.91 Å². The van der Waals surface area contributed by atoms with Gasteiger partial charge >= 0.3 is 12.1 Å². The highest BCUT2D eigenvalue weighted by Crippen LogP contribution is 2.39. The van der Waals surface area contributed by atoms with Gasteiger partial charge in [0.05, 0.1) is 6.04 Å². The number of carbonyl (C=O) groups is 2. The van der Waals surface area contributed by atoms with Crippen LogP contribution < -0.4 is 5.73 Å². The summed E-state index contributed by atoms with van der Waals surface area (Å²) in [6.07, 6.45) is -4.71. The van der Waals surface area contributed by atoms with Gasteiger partial charge in [0.15, 0.2) is 0 Å². The third-order valence-corrected chi connectivity index (χ3v) is 2.94. The lowest BCUT2D eigenvalue weighted by molar-refractivity contribution is -0.271. The third-order valence-electron chi connectivity index (χ3n) is 2.94. The number of carbonyl (C=O) groups excluding carboxylic acids is 2. The van der Waals surface area contributed by atoms with E-state index in [4.69, 9.17) is 5.73 Å². The van der Waals surface area contributed by atoms with Crippen molar-refractivity contribution in [1.82, 2.24) is 4.90 Å². The SMILES string of the molecule is CC(C)C(C(=O)C(F)(F)C(F)(F)F)N1CC=C1C(N)=O. The second-order valence-electron chi connectivity index (χ2n) is 4.73. The number of amides is 1. The zero-order chi connectivity index (χ0) is 15.9. The fraction of sp³-hybridized carbons (Fsp3) is 0.636. The van der Waals surface area contributed by atoms with Crippen molar-refractivity contribution in [1.29, 1.82) is 0 Å². The first kappa shape index (κ1) is 16.4. The normalized spacial score (nSPS) is 17.6. The molecule has 0 radical (unpaired) electrons. The topological polar surface area (TPSA) is 63.4 Å². The Morgan fingerprint density at radius 3 is 2.00 bits per heavy atom. The average Bonchev–Trinajstić information content (AvgIpc) is 2.19. The van der Waals surface area contributed by atoms with Crippen LogP contribution in [0.15, 0.2) is 11.8 Å². The molecule has 20 heavy (non-hydrogen) atoms. The molecule has 0 aliphatic carbocycles. The van der Waals surface area contributed by atoms with Gasteiger partial charge in [-0.05, 0) is 12.0 Å². The number of rotatable bonds is 5. The van der Waals surface area contributed by atoms with Gasteiger partial charge in [0.1, 0.15) is 5.70 Å². The number of nitrogens with two attached hydrogens (primary N) is 1. The smallest absolute Gasteiger partial charge is 0.364 e. The molecule has 0 aromatic heterocycles. The molecule has 0 spiro atoms. The molecule has 1 heterocycles. The van der Waals surface area contributed by atoms with Crippen LogP contribution in [-0.2, 0) is 9.59 Å². The first-order valence-electron chi connectivity index (χ1n) is 5.66. The summed E-state index contributed by atoms with van der Waals surface area (Å²) in [5, 5.41) is 0. The molecule has 114 valence electrons. The molecule has 1 aliphatic heterocycles. The van der Waals surface area contributed by atoms with Crippen molar-refractivity contribution in [3.63, 3.8) is 0 Å². The van der Waals surface area contributed by atoms with Crippen LogP contribution in [0.2, 0.25) is 0 Å². The first-order valence-corrected chi connectivity index (χ1v) is 5.66. The van der Waals surface area contributed by atoms with Gasteiger partial charge in [-0.1, -0.05) is 13.8 Å². The zero-order valence-corrected chi connectivity index (χ0v) is 10.7. The summed E-state index contributed by atoms with van der Waals surface area (Å²) in [7, 11) is 0. The number of nitrogens with zero attached hydrogens (tertiary/aromatic N) is 1. The molecule has 1 aliphatic rings. The lowest BCUT2D eigenvalue weighted by Gasteiger charge is -2.41. The molecule has 0 saturated carbocycles. The fourth-order valence-corrected chi connectivity index (χ4v) is 1.92. The van der Waals surface area contributed by atoms with Crippen LogP contribution in [0.3, 0.4) is 0 Å². The highest BCUT2D eigenvalue weighted by molar-refractivity contribution is 5.96. The van der Waals surface area contributed by atoms with E-state index >= 15 is 0 Å². The molecule has 0 aromatic rings. The predicted molar refractivity (Wildman–Crippen MR) is 58.6 cm³/mol.